The van der Waals surface area contributed by atoms with E-state index in [4.69, 9.17) is 0 Å². The molecule has 1 aromatic carbocycles. The first-order chi connectivity index (χ1) is 8.77. The molecular formula is C15H20N2OY-2. The summed E-state index contributed by atoms with van der Waals surface area (Å²) in [5.74, 6) is 0.256. The van der Waals surface area contributed by atoms with Crippen LogP contribution in [0.4, 0.5) is 0 Å². The van der Waals surface area contributed by atoms with Gasteiger partial charge in [0.15, 0.2) is 0 Å². The van der Waals surface area contributed by atoms with Gasteiger partial charge in [-0.05, 0) is 20.1 Å². The fourth-order valence-electron chi connectivity index (χ4n) is 2.15. The van der Waals surface area contributed by atoms with Gasteiger partial charge < -0.3 is 16.6 Å². The maximum Gasteiger partial charge on any atom is 0.133 e. The van der Waals surface area contributed by atoms with E-state index in [1.54, 1.807) is 0 Å². The number of benzene rings is 1. The summed E-state index contributed by atoms with van der Waals surface area (Å²) in [4.78, 5) is 13.6. The fraction of sp³-hybridized carbons (Fsp3) is 0.467. The molecule has 0 saturated carbocycles. The minimum atomic E-state index is 0. The molecule has 1 fully saturated rings. The zero-order valence-corrected chi connectivity index (χ0v) is 14.3. The summed E-state index contributed by atoms with van der Waals surface area (Å²) in [6, 6.07) is 7.82. The van der Waals surface area contributed by atoms with Gasteiger partial charge in [0.25, 0.3) is 0 Å². The Kier molecular flexibility index (Phi) is 8.00. The number of fused-ring (bicyclic) bond motifs is 1. The van der Waals surface area contributed by atoms with Crippen molar-refractivity contribution >= 4 is 5.78 Å². The van der Waals surface area contributed by atoms with Crippen LogP contribution in [0, 0.1) is 6.42 Å². The number of carbonyl (C=O) groups is 1. The number of hydrogen-bond acceptors (Lipinski definition) is 2. The molecule has 101 valence electrons. The Morgan fingerprint density at radius 1 is 1.16 bits per heavy atom. The average molecular weight is 333 g/mol. The van der Waals surface area contributed by atoms with Crippen LogP contribution in [-0.2, 0) is 39.1 Å². The topological polar surface area (TPSA) is 34.4 Å². The van der Waals surface area contributed by atoms with E-state index in [9.17, 15) is 4.79 Å². The Hall–Kier alpha value is -0.0861. The Morgan fingerprint density at radius 3 is 2.42 bits per heavy atom. The molecule has 1 radical (unpaired) electrons. The molecule has 1 aliphatic heterocycles. The van der Waals surface area contributed by atoms with Gasteiger partial charge >= 0.3 is 0 Å². The number of carbonyl (C=O) groups excluding carboxylic acids is 1. The van der Waals surface area contributed by atoms with E-state index >= 15 is 0 Å². The second-order valence-electron chi connectivity index (χ2n) is 4.75. The first-order valence-corrected chi connectivity index (χ1v) is 6.52. The van der Waals surface area contributed by atoms with Crippen LogP contribution in [0.25, 0.3) is 5.32 Å². The number of rotatable bonds is 0. The van der Waals surface area contributed by atoms with E-state index < -0.39 is 0 Å². The van der Waals surface area contributed by atoms with Gasteiger partial charge in [0, 0.05) is 38.3 Å². The maximum absolute atomic E-state index is 11.3. The summed E-state index contributed by atoms with van der Waals surface area (Å²) in [5.41, 5.74) is 2.08. The summed E-state index contributed by atoms with van der Waals surface area (Å²) in [6.45, 7) is 4.38. The number of likely N-dealkylation sites (N-methyl/N-ethyl adjacent to an activating group) is 1. The quantitative estimate of drug-likeness (QED) is 0.683. The molecule has 3 nitrogen and oxygen atoms in total. The first-order valence-electron chi connectivity index (χ1n) is 6.52. The summed E-state index contributed by atoms with van der Waals surface area (Å²) in [7, 11) is 2.13. The molecule has 1 aliphatic carbocycles. The third-order valence-electron chi connectivity index (χ3n) is 3.29. The number of hydrogen-bond donors (Lipinski definition) is 0. The van der Waals surface area contributed by atoms with E-state index in [2.05, 4.69) is 17.3 Å². The van der Waals surface area contributed by atoms with Crippen molar-refractivity contribution in [3.63, 3.8) is 0 Å². The smallest absolute Gasteiger partial charge is 0.133 e. The molecular weight excluding hydrogens is 313 g/mol. The molecule has 4 heteroatoms. The van der Waals surface area contributed by atoms with Crippen LogP contribution in [0.5, 0.6) is 0 Å². The van der Waals surface area contributed by atoms with Crippen LogP contribution >= 0.6 is 0 Å². The Balaban J connectivity index is 0.000000198. The molecule has 0 bridgehead atoms. The molecule has 0 aromatic heterocycles. The number of ketones is 1. The van der Waals surface area contributed by atoms with Crippen molar-refractivity contribution in [2.75, 3.05) is 33.2 Å². The number of piperazine rings is 1. The van der Waals surface area contributed by atoms with Crippen molar-refractivity contribution in [3.8, 4) is 0 Å². The molecule has 0 N–H and O–H groups in total. The van der Waals surface area contributed by atoms with Gasteiger partial charge in [0.2, 0.25) is 0 Å². The van der Waals surface area contributed by atoms with Crippen molar-refractivity contribution < 1.29 is 37.5 Å². The van der Waals surface area contributed by atoms with Crippen LogP contribution < -0.4 is 0 Å². The van der Waals surface area contributed by atoms with Gasteiger partial charge in [0.05, 0.1) is 0 Å². The van der Waals surface area contributed by atoms with Crippen LogP contribution in [0.2, 0.25) is 0 Å². The number of nitrogens with zero attached hydrogens (tertiary/aromatic N) is 2. The van der Waals surface area contributed by atoms with E-state index in [1.165, 1.54) is 5.56 Å². The third-order valence-corrected chi connectivity index (χ3v) is 3.29. The third kappa shape index (κ3) is 5.43. The van der Waals surface area contributed by atoms with Crippen molar-refractivity contribution in [1.29, 1.82) is 0 Å². The largest absolute Gasteiger partial charge is 0.660 e. The van der Waals surface area contributed by atoms with Gasteiger partial charge in [-0.1, -0.05) is 29.8 Å². The Bertz CT molecular complexity index is 403. The molecule has 19 heavy (non-hydrogen) atoms. The van der Waals surface area contributed by atoms with Crippen molar-refractivity contribution in [2.45, 2.75) is 12.8 Å². The molecule has 1 saturated heterocycles. The normalized spacial score (nSPS) is 18.7. The van der Waals surface area contributed by atoms with E-state index in [0.717, 1.165) is 38.2 Å². The van der Waals surface area contributed by atoms with Crippen LogP contribution in [-0.4, -0.2) is 43.9 Å². The molecule has 2 aliphatic rings. The van der Waals surface area contributed by atoms with Crippen LogP contribution in [0.1, 0.15) is 22.3 Å². The predicted molar refractivity (Wildman–Crippen MR) is 74.0 cm³/mol. The van der Waals surface area contributed by atoms with Gasteiger partial charge in [-0.25, -0.2) is 0 Å². The molecule has 0 amide bonds. The van der Waals surface area contributed by atoms with Crippen molar-refractivity contribution in [2.24, 2.45) is 0 Å². The Labute approximate surface area is 141 Å². The van der Waals surface area contributed by atoms with Gasteiger partial charge in [0.1, 0.15) is 5.78 Å². The predicted octanol–water partition coefficient (Wildman–Crippen LogP) is 2.32. The van der Waals surface area contributed by atoms with Crippen LogP contribution in [0.3, 0.4) is 0 Å². The second-order valence-corrected chi connectivity index (χ2v) is 4.75. The molecule has 0 spiro atoms. The fourth-order valence-corrected chi connectivity index (χ4v) is 2.15. The molecule has 1 heterocycles. The standard InChI is InChI=1S/C10H9O.C5H11N2.Y/c11-10-7-3-5-8-4-1-2-6-9(8)10;1-7-4-2-6-3-5-7;/h1-4,6H,5,7H2;2-5H2,1H3;/q2*-1;. The SMILES string of the molecule is CN1CC[N-]CC1.O=C1C[CH-]Cc2ccccc21.[Y]. The van der Waals surface area contributed by atoms with E-state index in [0.29, 0.717) is 6.42 Å². The zero-order chi connectivity index (χ0) is 12.8. The molecule has 0 unspecified atom stereocenters. The van der Waals surface area contributed by atoms with Gasteiger partial charge in [-0.3, -0.25) is 4.79 Å². The maximum atomic E-state index is 11.3. The molecule has 1 aromatic rings. The molecule has 0 atom stereocenters. The van der Waals surface area contributed by atoms with Gasteiger partial charge in [-0.15, -0.1) is 19.5 Å². The summed E-state index contributed by atoms with van der Waals surface area (Å²) < 4.78 is 0. The first kappa shape index (κ1) is 17.0. The van der Waals surface area contributed by atoms with Gasteiger partial charge in [-0.2, -0.15) is 6.42 Å². The minimum absolute atomic E-state index is 0. The van der Waals surface area contributed by atoms with Crippen molar-refractivity contribution in [1.82, 2.24) is 4.90 Å². The average Bonchev–Trinajstić information content (AvgIpc) is 2.41. The Morgan fingerprint density at radius 2 is 1.84 bits per heavy atom. The summed E-state index contributed by atoms with van der Waals surface area (Å²) in [5, 5.41) is 4.19. The van der Waals surface area contributed by atoms with E-state index in [-0.39, 0.29) is 38.5 Å². The second kappa shape index (κ2) is 8.96. The summed E-state index contributed by atoms with van der Waals surface area (Å²) in [6.07, 6.45) is 3.59. The monoisotopic (exact) mass is 333 g/mol. The minimum Gasteiger partial charge on any atom is -0.660 e. The van der Waals surface area contributed by atoms with E-state index in [1.807, 2.05) is 30.7 Å². The molecule has 3 rings (SSSR count). The number of Topliss-reactive ketones (excluding diaryl/α,β-unsaturated/α-hetero) is 1. The van der Waals surface area contributed by atoms with Crippen molar-refractivity contribution in [3.05, 3.63) is 47.1 Å². The summed E-state index contributed by atoms with van der Waals surface area (Å²) >= 11 is 0. The van der Waals surface area contributed by atoms with Crippen LogP contribution in [0.15, 0.2) is 24.3 Å². The zero-order valence-electron chi connectivity index (χ0n) is 11.5.